The van der Waals surface area contributed by atoms with Gasteiger partial charge in [-0.05, 0) is 358 Å². The maximum atomic E-state index is 2.76. The van der Waals surface area contributed by atoms with Gasteiger partial charge in [0.1, 0.15) is 0 Å². The molecule has 0 aromatic heterocycles. The van der Waals surface area contributed by atoms with Gasteiger partial charge >= 0.3 is 0 Å². The standard InChI is InChI=1S/C73H20N2/c1-74(2)8-10-5-11(9-75(3)4)7-12(6-10)71-72-67-59-51-41-31-23-15-13-14-17-21-19(15)27-35-29(21)39-33-25(17)26-18(14)22-20-16(13)24(23)32-38-28(20)36-30(22)40-34(26)44-43(33)53-47(39)57-49(35)55(45(51)37(27)31)63(67)65(57)69-61(53)62-54(44)48(40)58-50(36)56-46(38)52(42(32)41)60(59)68(72)64(56)66(58)70(62)73(69,71)72/h5-7,71H,8-9H2,1-4H3. The fourth-order valence-electron chi connectivity index (χ4n) is 26.8. The van der Waals surface area contributed by atoms with Gasteiger partial charge in [-0.15, -0.1) is 0 Å². The summed E-state index contributed by atoms with van der Waals surface area (Å²) in [4.78, 5) is 4.83. The van der Waals surface area contributed by atoms with Crippen molar-refractivity contribution >= 4 is 291 Å². The van der Waals surface area contributed by atoms with E-state index >= 15 is 0 Å². The highest BCUT2D eigenvalue weighted by Gasteiger charge is 2.86. The monoisotopic (exact) mass is 924 g/mol. The minimum absolute atomic E-state index is 0.190. The lowest BCUT2D eigenvalue weighted by atomic mass is 9.68. The van der Waals surface area contributed by atoms with Gasteiger partial charge in [-0.2, -0.15) is 0 Å². The molecule has 2 spiro atoms. The molecule has 0 saturated heterocycles. The van der Waals surface area contributed by atoms with E-state index in [-0.39, 0.29) is 10.8 Å². The first-order valence-electron chi connectivity index (χ1n) is 28.2. The molecule has 1 fully saturated rings. The fourth-order valence-corrected chi connectivity index (χ4v) is 26.8. The molecule has 0 aliphatic heterocycles. The summed E-state index contributed by atoms with van der Waals surface area (Å²) in [6, 6.07) is 8.09. The predicted octanol–water partition coefficient (Wildman–Crippen LogP) is 18.2. The topological polar surface area (TPSA) is 6.48 Å². The summed E-state index contributed by atoms with van der Waals surface area (Å²) in [5, 5.41) is 90.9. The van der Waals surface area contributed by atoms with Crippen LogP contribution in [0.3, 0.4) is 0 Å². The van der Waals surface area contributed by atoms with E-state index in [1.165, 1.54) is 11.1 Å². The van der Waals surface area contributed by atoms with Gasteiger partial charge in [0.15, 0.2) is 0 Å². The third-order valence-electron chi connectivity index (χ3n) is 26.6. The Morgan fingerprint density at radius 3 is 0.520 bits per heavy atom. The van der Waals surface area contributed by atoms with Gasteiger partial charge in [-0.3, -0.25) is 0 Å². The van der Waals surface area contributed by atoms with E-state index in [2.05, 4.69) is 56.2 Å². The summed E-state index contributed by atoms with van der Waals surface area (Å²) in [6.07, 6.45) is 0. The second-order valence-corrected chi connectivity index (χ2v) is 28.4. The molecule has 29 aromatic rings. The van der Waals surface area contributed by atoms with Gasteiger partial charge in [0.2, 0.25) is 0 Å². The molecular weight excluding hydrogens is 905 g/mol. The second-order valence-electron chi connectivity index (χ2n) is 28.4. The van der Waals surface area contributed by atoms with Crippen molar-refractivity contribution in [3.63, 3.8) is 0 Å². The smallest absolute Gasteiger partial charge is 0.0453 e. The van der Waals surface area contributed by atoms with Crippen LogP contribution in [0.5, 0.6) is 0 Å². The Bertz CT molecular complexity index is 6970. The van der Waals surface area contributed by atoms with Gasteiger partial charge in [0.25, 0.3) is 0 Å². The highest BCUT2D eigenvalue weighted by Crippen LogP contribution is 2.94. The van der Waals surface area contributed by atoms with Crippen LogP contribution >= 0.6 is 0 Å². The number of benzene rings is 19. The van der Waals surface area contributed by atoms with Gasteiger partial charge in [-0.25, -0.2) is 0 Å². The molecule has 0 N–H and O–H groups in total. The zero-order valence-corrected chi connectivity index (χ0v) is 40.1. The average Bonchev–Trinajstić information content (AvgIpc) is 3.24. The molecule has 0 bridgehead atoms. The van der Waals surface area contributed by atoms with Crippen LogP contribution in [0.25, 0.3) is 291 Å². The van der Waals surface area contributed by atoms with Crippen LogP contribution in [0.1, 0.15) is 44.9 Å². The van der Waals surface area contributed by atoms with E-state index in [1.807, 2.05) is 0 Å². The van der Waals surface area contributed by atoms with Crippen LogP contribution in [0.4, 0.5) is 0 Å². The van der Waals surface area contributed by atoms with Gasteiger partial charge in [0.05, 0.1) is 0 Å². The molecule has 5 aliphatic carbocycles. The fraction of sp³-hybridized carbons (Fsp3) is 0.123. The van der Waals surface area contributed by atoms with Crippen molar-refractivity contribution in [2.75, 3.05) is 28.2 Å². The maximum Gasteiger partial charge on any atom is 0.0453 e. The normalized spacial score (nSPS) is 22.7. The van der Waals surface area contributed by atoms with Crippen molar-refractivity contribution in [1.82, 2.24) is 9.80 Å². The SMILES string of the molecule is CN(C)Cc1cc(CN(C)C)cc(C2C34c5c6c7c8c9c%10c(c%11c%12c3c3c5c5c%13c6c6c7c7c9c9c%14c%10c%10c%11c%11c%12c%12c3c3c5c5c%13c%13c6c6c7c9c7c9c%14c%10c%10c%11c%11c%12c3c3c5c5c%13c6c7c6c9c%10c%11c3c56)C824)c1. The van der Waals surface area contributed by atoms with Crippen LogP contribution in [-0.2, 0) is 23.9 Å². The summed E-state index contributed by atoms with van der Waals surface area (Å²) in [7, 11) is 9.11. The molecular formula is C73H20N2. The van der Waals surface area contributed by atoms with Crippen molar-refractivity contribution in [3.05, 3.63) is 57.1 Å². The minimum Gasteiger partial charge on any atom is -0.305 e. The highest BCUT2D eigenvalue weighted by atomic mass is 15.1. The Labute approximate surface area is 413 Å². The Hall–Kier alpha value is -8.40. The van der Waals surface area contributed by atoms with E-state index in [0.717, 1.165) is 13.1 Å². The first kappa shape index (κ1) is 29.5. The first-order chi connectivity index (χ1) is 37.0. The predicted molar refractivity (Wildman–Crippen MR) is 318 cm³/mol. The van der Waals surface area contributed by atoms with Crippen molar-refractivity contribution < 1.29 is 0 Å². The molecule has 0 unspecified atom stereocenters. The molecule has 5 aliphatic rings. The number of rotatable bonds is 5. The summed E-state index contributed by atoms with van der Waals surface area (Å²) in [5.74, 6) is 0.307. The van der Waals surface area contributed by atoms with Crippen LogP contribution in [0.15, 0.2) is 18.2 Å². The lowest BCUT2D eigenvalue weighted by Crippen LogP contribution is -2.27. The zero-order valence-electron chi connectivity index (χ0n) is 40.1. The van der Waals surface area contributed by atoms with Crippen LogP contribution < -0.4 is 0 Å². The Morgan fingerprint density at radius 2 is 0.373 bits per heavy atom. The van der Waals surface area contributed by atoms with E-state index < -0.39 is 0 Å². The number of nitrogens with zero attached hydrogens (tertiary/aromatic N) is 2. The summed E-state index contributed by atoms with van der Waals surface area (Å²) in [6.45, 7) is 1.91. The number of hydrogen-bond donors (Lipinski definition) is 0. The lowest BCUT2D eigenvalue weighted by molar-refractivity contribution is 0.395. The van der Waals surface area contributed by atoms with Crippen LogP contribution in [0.2, 0.25) is 0 Å². The van der Waals surface area contributed by atoms with Crippen molar-refractivity contribution in [2.45, 2.75) is 29.8 Å². The van der Waals surface area contributed by atoms with Crippen molar-refractivity contribution in [1.29, 1.82) is 0 Å². The Balaban J connectivity index is 1.07. The Kier molecular flexibility index (Phi) is 2.67. The summed E-state index contributed by atoms with van der Waals surface area (Å²) < 4.78 is 0. The van der Waals surface area contributed by atoms with Crippen molar-refractivity contribution in [2.24, 2.45) is 0 Å². The second kappa shape index (κ2) is 6.80. The molecule has 1 saturated carbocycles. The molecule has 2 nitrogen and oxygen atoms in total. The first-order valence-corrected chi connectivity index (χ1v) is 28.2. The van der Waals surface area contributed by atoms with E-state index in [0.29, 0.717) is 5.92 Å². The molecule has 322 valence electrons. The zero-order chi connectivity index (χ0) is 45.5. The third kappa shape index (κ3) is 1.67. The molecule has 29 aromatic carbocycles. The van der Waals surface area contributed by atoms with E-state index in [4.69, 9.17) is 0 Å². The minimum atomic E-state index is -0.190. The Morgan fingerprint density at radius 1 is 0.227 bits per heavy atom. The molecule has 0 radical (unpaired) electrons. The summed E-state index contributed by atoms with van der Waals surface area (Å²) >= 11 is 0. The van der Waals surface area contributed by atoms with E-state index in [9.17, 15) is 0 Å². The third-order valence-corrected chi connectivity index (χ3v) is 26.6. The molecule has 75 heavy (non-hydrogen) atoms. The molecule has 0 heterocycles. The van der Waals surface area contributed by atoms with Gasteiger partial charge < -0.3 is 9.80 Å². The largest absolute Gasteiger partial charge is 0.305 e. The molecule has 34 rings (SSSR count). The molecule has 2 heteroatoms. The summed E-state index contributed by atoms with van der Waals surface area (Å²) in [5.41, 5.74) is 11.4. The average molecular weight is 925 g/mol. The number of hydrogen-bond acceptors (Lipinski definition) is 2. The molecule has 0 atom stereocenters. The van der Waals surface area contributed by atoms with E-state index in [1.54, 1.807) is 319 Å². The highest BCUT2D eigenvalue weighted by molar-refractivity contribution is 6.82. The van der Waals surface area contributed by atoms with Gasteiger partial charge in [0, 0.05) is 29.8 Å². The van der Waals surface area contributed by atoms with Gasteiger partial charge in [-0.1, -0.05) is 18.2 Å². The molecule has 0 amide bonds. The van der Waals surface area contributed by atoms with Crippen molar-refractivity contribution in [3.8, 4) is 0 Å². The quantitative estimate of drug-likeness (QED) is 0.159. The maximum absolute atomic E-state index is 2.76. The lowest BCUT2D eigenvalue weighted by Gasteiger charge is -2.32. The van der Waals surface area contributed by atoms with Crippen LogP contribution in [0, 0.1) is 0 Å². The van der Waals surface area contributed by atoms with Crippen LogP contribution in [-0.4, -0.2) is 38.0 Å².